The molecule has 2 heterocycles. The number of nitrogens with zero attached hydrogens (tertiary/aromatic N) is 1. The Morgan fingerprint density at radius 1 is 1.05 bits per heavy atom. The molecule has 2 N–H and O–H groups in total. The highest BCUT2D eigenvalue weighted by Crippen LogP contribution is 2.37. The van der Waals surface area contributed by atoms with Crippen LogP contribution < -0.4 is 10.2 Å². The fourth-order valence-electron chi connectivity index (χ4n) is 5.41. The van der Waals surface area contributed by atoms with Crippen LogP contribution in [0.1, 0.15) is 53.5 Å². The van der Waals surface area contributed by atoms with Gasteiger partial charge in [0.05, 0.1) is 43.2 Å². The molecule has 0 aliphatic carbocycles. The van der Waals surface area contributed by atoms with Crippen molar-refractivity contribution in [2.24, 2.45) is 17.8 Å². The zero-order chi connectivity index (χ0) is 31.1. The van der Waals surface area contributed by atoms with Crippen molar-refractivity contribution >= 4 is 40.7 Å². The lowest BCUT2D eigenvalue weighted by Crippen LogP contribution is -2.40. The maximum Gasteiger partial charge on any atom is 0.290 e. The highest BCUT2D eigenvalue weighted by atomic mass is 35.5. The molecule has 10 nitrogen and oxygen atoms in total. The van der Waals surface area contributed by atoms with E-state index >= 15 is 0 Å². The number of halogens is 1. The fourth-order valence-corrected chi connectivity index (χ4v) is 5.58. The Balaban J connectivity index is 1.45. The van der Waals surface area contributed by atoms with Crippen molar-refractivity contribution < 1.29 is 38.4 Å². The zero-order valence-electron chi connectivity index (χ0n) is 24.9. The second kappa shape index (κ2) is 14.9. The summed E-state index contributed by atoms with van der Waals surface area (Å²) in [6, 6.07) is 9.60. The van der Waals surface area contributed by atoms with Crippen LogP contribution in [0, 0.1) is 24.7 Å². The lowest BCUT2D eigenvalue weighted by Gasteiger charge is -2.38. The van der Waals surface area contributed by atoms with Gasteiger partial charge >= 0.3 is 0 Å². The van der Waals surface area contributed by atoms with Crippen molar-refractivity contribution in [3.8, 4) is 0 Å². The first-order valence-electron chi connectivity index (χ1n) is 14.5. The topological polar surface area (TPSA) is 124 Å². The van der Waals surface area contributed by atoms with Crippen molar-refractivity contribution in [3.63, 3.8) is 0 Å². The molecule has 2 aromatic carbocycles. The Kier molecular flexibility index (Phi) is 11.3. The number of aliphatic hydroxyl groups is 1. The summed E-state index contributed by atoms with van der Waals surface area (Å²) < 4.78 is 23.0. The number of nitrogens with one attached hydrogen (secondary N) is 1. The molecule has 3 amide bonds. The van der Waals surface area contributed by atoms with E-state index in [9.17, 15) is 14.4 Å². The van der Waals surface area contributed by atoms with Gasteiger partial charge in [0.25, 0.3) is 17.7 Å². The third kappa shape index (κ3) is 7.63. The number of allylic oxidation sites excluding steroid dienone is 1. The standard InChI is InChI=1S/C32H39ClN2O8/c1-5-42-32-24(10-12-40-14-15-41-13-11-36)25(19(2)3)18-28(43-32)29(37)34-22-7-9-27(20(4)16-22)35-30(38)23-8-6-21(33)17-26(23)31(35)39/h6-9,16-19,24-25,32,36H,5,10-15H2,1-4H3,(H,34,37)/t24-,25+,32+/m1/s1. The summed E-state index contributed by atoms with van der Waals surface area (Å²) in [7, 11) is 0. The SMILES string of the molecule is CCO[C@H]1OC(C(=O)Nc2ccc(N3C(=O)c4ccc(Cl)cc4C3=O)c(C)c2)=C[C@@H](C(C)C)[C@H]1CCOCCOCCO. The summed E-state index contributed by atoms with van der Waals surface area (Å²) in [6.07, 6.45) is 1.91. The van der Waals surface area contributed by atoms with Crippen LogP contribution in [0.5, 0.6) is 0 Å². The van der Waals surface area contributed by atoms with E-state index in [1.807, 2.05) is 13.0 Å². The van der Waals surface area contributed by atoms with Gasteiger partial charge in [0, 0.05) is 29.8 Å². The molecular weight excluding hydrogens is 576 g/mol. The van der Waals surface area contributed by atoms with Gasteiger partial charge < -0.3 is 29.4 Å². The second-order valence-corrected chi connectivity index (χ2v) is 11.2. The molecule has 0 unspecified atom stereocenters. The summed E-state index contributed by atoms with van der Waals surface area (Å²) in [5.41, 5.74) is 2.10. The maximum absolute atomic E-state index is 13.4. The van der Waals surface area contributed by atoms with Gasteiger partial charge in [-0.1, -0.05) is 25.4 Å². The molecule has 0 radical (unpaired) electrons. The Morgan fingerprint density at radius 3 is 2.44 bits per heavy atom. The lowest BCUT2D eigenvalue weighted by molar-refractivity contribution is -0.175. The van der Waals surface area contributed by atoms with Crippen LogP contribution in [0.3, 0.4) is 0 Å². The number of carbonyl (C=O) groups is 3. The molecule has 2 aliphatic heterocycles. The molecule has 0 bridgehead atoms. The molecule has 2 aliphatic rings. The van der Waals surface area contributed by atoms with Crippen molar-refractivity contribution in [2.45, 2.75) is 40.4 Å². The number of ether oxygens (including phenoxy) is 4. The molecule has 3 atom stereocenters. The third-order valence-corrected chi connectivity index (χ3v) is 7.74. The fraction of sp³-hybridized carbons (Fsp3) is 0.469. The molecule has 2 aromatic rings. The Hall–Kier alpha value is -3.28. The summed E-state index contributed by atoms with van der Waals surface area (Å²) in [5, 5.41) is 12.1. The van der Waals surface area contributed by atoms with E-state index in [0.717, 1.165) is 4.90 Å². The molecular formula is C32H39ClN2O8. The normalized spacial score (nSPS) is 19.8. The summed E-state index contributed by atoms with van der Waals surface area (Å²) in [6.45, 7) is 9.81. The number of amides is 3. The van der Waals surface area contributed by atoms with E-state index in [0.29, 0.717) is 60.4 Å². The van der Waals surface area contributed by atoms with E-state index in [4.69, 9.17) is 35.7 Å². The van der Waals surface area contributed by atoms with Gasteiger partial charge in [-0.05, 0) is 80.1 Å². The summed E-state index contributed by atoms with van der Waals surface area (Å²) in [4.78, 5) is 40.5. The first-order chi connectivity index (χ1) is 20.7. The second-order valence-electron chi connectivity index (χ2n) is 10.8. The number of hydrogen-bond donors (Lipinski definition) is 2. The van der Waals surface area contributed by atoms with Gasteiger partial charge in [0.2, 0.25) is 6.29 Å². The van der Waals surface area contributed by atoms with Crippen LogP contribution >= 0.6 is 11.6 Å². The number of imide groups is 1. The summed E-state index contributed by atoms with van der Waals surface area (Å²) >= 11 is 6.04. The van der Waals surface area contributed by atoms with E-state index < -0.39 is 24.0 Å². The maximum atomic E-state index is 13.4. The molecule has 0 spiro atoms. The number of fused-ring (bicyclic) bond motifs is 1. The van der Waals surface area contributed by atoms with Gasteiger partial charge in [-0.25, -0.2) is 4.90 Å². The van der Waals surface area contributed by atoms with Crippen LogP contribution in [0.25, 0.3) is 0 Å². The Morgan fingerprint density at radius 2 is 1.77 bits per heavy atom. The van der Waals surface area contributed by atoms with E-state index in [2.05, 4.69) is 19.2 Å². The van der Waals surface area contributed by atoms with Crippen LogP contribution in [-0.4, -0.2) is 68.8 Å². The molecule has 0 saturated carbocycles. The smallest absolute Gasteiger partial charge is 0.290 e. The molecule has 232 valence electrons. The summed E-state index contributed by atoms with van der Waals surface area (Å²) in [5.74, 6) is -0.922. The average Bonchev–Trinajstić information content (AvgIpc) is 3.21. The van der Waals surface area contributed by atoms with Gasteiger partial charge in [-0.3, -0.25) is 14.4 Å². The van der Waals surface area contributed by atoms with Gasteiger partial charge in [-0.15, -0.1) is 0 Å². The van der Waals surface area contributed by atoms with Gasteiger partial charge in [-0.2, -0.15) is 0 Å². The van der Waals surface area contributed by atoms with E-state index in [1.165, 1.54) is 6.07 Å². The highest BCUT2D eigenvalue weighted by Gasteiger charge is 2.39. The monoisotopic (exact) mass is 614 g/mol. The first-order valence-corrected chi connectivity index (χ1v) is 14.9. The number of anilines is 2. The van der Waals surface area contributed by atoms with Crippen molar-refractivity contribution in [1.29, 1.82) is 0 Å². The molecule has 0 fully saturated rings. The largest absolute Gasteiger partial charge is 0.459 e. The highest BCUT2D eigenvalue weighted by molar-refractivity contribution is 6.37. The number of benzene rings is 2. The minimum Gasteiger partial charge on any atom is -0.459 e. The minimum absolute atomic E-state index is 0.00623. The molecule has 43 heavy (non-hydrogen) atoms. The third-order valence-electron chi connectivity index (χ3n) is 7.50. The van der Waals surface area contributed by atoms with Gasteiger partial charge in [0.15, 0.2) is 5.76 Å². The first kappa shape index (κ1) is 32.6. The quantitative estimate of drug-likeness (QED) is 0.226. The predicted octanol–water partition coefficient (Wildman–Crippen LogP) is 4.97. The molecule has 11 heteroatoms. The number of rotatable bonds is 14. The number of aliphatic hydroxyl groups excluding tert-OH is 1. The molecule has 0 saturated heterocycles. The van der Waals surface area contributed by atoms with Gasteiger partial charge in [0.1, 0.15) is 0 Å². The minimum atomic E-state index is -0.621. The van der Waals surface area contributed by atoms with Crippen molar-refractivity contribution in [2.75, 3.05) is 49.9 Å². The van der Waals surface area contributed by atoms with E-state index in [-0.39, 0.29) is 42.3 Å². The molecule has 4 rings (SSSR count). The van der Waals surface area contributed by atoms with E-state index in [1.54, 1.807) is 37.3 Å². The zero-order valence-corrected chi connectivity index (χ0v) is 25.7. The molecule has 0 aromatic heterocycles. The van der Waals surface area contributed by atoms with Crippen LogP contribution in [0.4, 0.5) is 11.4 Å². The number of carbonyl (C=O) groups excluding carboxylic acids is 3. The van der Waals surface area contributed by atoms with Crippen molar-refractivity contribution in [1.82, 2.24) is 0 Å². The van der Waals surface area contributed by atoms with Crippen LogP contribution in [-0.2, 0) is 23.7 Å². The lowest BCUT2D eigenvalue weighted by atomic mass is 9.79. The van der Waals surface area contributed by atoms with Crippen LogP contribution in [0.15, 0.2) is 48.2 Å². The Labute approximate surface area is 256 Å². The average molecular weight is 615 g/mol. The number of hydrogen-bond acceptors (Lipinski definition) is 8. The number of aryl methyl sites for hydroxylation is 1. The van der Waals surface area contributed by atoms with Crippen LogP contribution in [0.2, 0.25) is 5.02 Å². The Bertz CT molecular complexity index is 1360. The van der Waals surface area contributed by atoms with Crippen molar-refractivity contribution in [3.05, 3.63) is 69.9 Å². The predicted molar refractivity (Wildman–Crippen MR) is 162 cm³/mol.